The average Bonchev–Trinajstić information content (AvgIpc) is 3.48. The summed E-state index contributed by atoms with van der Waals surface area (Å²) in [6, 6.07) is 11.4. The summed E-state index contributed by atoms with van der Waals surface area (Å²) in [5.74, 6) is 0.891. The number of benzene rings is 1. The molecule has 8 heteroatoms. The Morgan fingerprint density at radius 1 is 1.19 bits per heavy atom. The molecule has 4 rings (SSSR count). The van der Waals surface area contributed by atoms with E-state index in [0.717, 1.165) is 17.5 Å². The van der Waals surface area contributed by atoms with Gasteiger partial charge in [-0.3, -0.25) is 9.78 Å². The van der Waals surface area contributed by atoms with E-state index in [9.17, 15) is 9.59 Å². The number of ether oxygens (including phenoxy) is 1. The molecule has 1 aliphatic rings. The molecule has 1 fully saturated rings. The Labute approximate surface area is 153 Å². The first-order chi connectivity index (χ1) is 13.1. The van der Waals surface area contributed by atoms with E-state index < -0.39 is 11.2 Å². The minimum atomic E-state index is -0.575. The second-order valence-electron chi connectivity index (χ2n) is 6.36. The summed E-state index contributed by atoms with van der Waals surface area (Å²) in [6.45, 7) is 0. The zero-order chi connectivity index (χ0) is 19.0. The van der Waals surface area contributed by atoms with Crippen molar-refractivity contribution >= 4 is 0 Å². The highest BCUT2D eigenvalue weighted by Gasteiger charge is 2.42. The van der Waals surface area contributed by atoms with Gasteiger partial charge in [0.1, 0.15) is 5.69 Å². The van der Waals surface area contributed by atoms with Gasteiger partial charge < -0.3 is 9.72 Å². The lowest BCUT2D eigenvalue weighted by Crippen LogP contribution is -2.23. The van der Waals surface area contributed by atoms with Crippen LogP contribution in [0.4, 0.5) is 0 Å². The number of H-pyrrole nitrogens is 2. The van der Waals surface area contributed by atoms with Crippen LogP contribution in [0.15, 0.2) is 46.1 Å². The van der Waals surface area contributed by atoms with Crippen LogP contribution in [-0.4, -0.2) is 27.3 Å². The van der Waals surface area contributed by atoms with Crippen LogP contribution in [0.2, 0.25) is 0 Å². The van der Waals surface area contributed by atoms with Crippen LogP contribution < -0.4 is 16.0 Å². The third kappa shape index (κ3) is 3.11. The van der Waals surface area contributed by atoms with Gasteiger partial charge in [0.05, 0.1) is 24.3 Å². The Kier molecular flexibility index (Phi) is 4.05. The van der Waals surface area contributed by atoms with Gasteiger partial charge in [-0.05, 0) is 42.0 Å². The molecule has 0 spiro atoms. The highest BCUT2D eigenvalue weighted by atomic mass is 16.5. The second-order valence-corrected chi connectivity index (χ2v) is 6.36. The number of nitrogens with zero attached hydrogens (tertiary/aromatic N) is 3. The molecule has 2 aromatic heterocycles. The first-order valence-electron chi connectivity index (χ1n) is 8.34. The van der Waals surface area contributed by atoms with Crippen molar-refractivity contribution in [2.45, 2.75) is 18.3 Å². The number of methoxy groups -OCH3 is 1. The number of rotatable bonds is 4. The molecule has 0 radical (unpaired) electrons. The highest BCUT2D eigenvalue weighted by Crippen LogP contribution is 2.56. The number of nitriles is 1. The van der Waals surface area contributed by atoms with Gasteiger partial charge in [0, 0.05) is 11.8 Å². The number of aromatic nitrogens is 4. The smallest absolute Gasteiger partial charge is 0.325 e. The fourth-order valence-corrected chi connectivity index (χ4v) is 3.26. The van der Waals surface area contributed by atoms with Crippen LogP contribution in [0.25, 0.3) is 11.3 Å². The molecular formula is C19H15N5O3. The first kappa shape index (κ1) is 16.7. The van der Waals surface area contributed by atoms with Crippen LogP contribution in [0, 0.1) is 11.3 Å². The quantitative estimate of drug-likeness (QED) is 0.728. The normalized spacial score (nSPS) is 17.9. The standard InChI is InChI=1S/C19H15N5O3/c1-27-18-14(13-6-12(13)11-4-2-10(8-20)3-5-11)7-16(23-24-18)15-9-21-19(26)22-17(15)25/h2-5,7,9,12-13H,6H2,1H3,(H2,21,22,25,26). The Morgan fingerprint density at radius 3 is 2.63 bits per heavy atom. The molecule has 3 aromatic rings. The monoisotopic (exact) mass is 361 g/mol. The van der Waals surface area contributed by atoms with Gasteiger partial charge in [-0.1, -0.05) is 12.1 Å². The molecule has 1 aromatic carbocycles. The van der Waals surface area contributed by atoms with Crippen LogP contribution in [0.1, 0.15) is 34.9 Å². The van der Waals surface area contributed by atoms with Crippen LogP contribution in [0.5, 0.6) is 5.88 Å². The van der Waals surface area contributed by atoms with E-state index in [2.05, 4.69) is 26.2 Å². The second kappa shape index (κ2) is 6.53. The summed E-state index contributed by atoms with van der Waals surface area (Å²) in [5.41, 5.74) is 2.13. The molecule has 1 saturated carbocycles. The number of hydrogen-bond acceptors (Lipinski definition) is 6. The van der Waals surface area contributed by atoms with Crippen LogP contribution in [0.3, 0.4) is 0 Å². The number of nitrogens with one attached hydrogen (secondary N) is 2. The van der Waals surface area contributed by atoms with Crippen molar-refractivity contribution < 1.29 is 4.74 Å². The fraction of sp³-hybridized carbons (Fsp3) is 0.211. The predicted molar refractivity (Wildman–Crippen MR) is 96.5 cm³/mol. The van der Waals surface area contributed by atoms with E-state index in [1.54, 1.807) is 18.2 Å². The Balaban J connectivity index is 1.69. The maximum atomic E-state index is 12.0. The Morgan fingerprint density at radius 2 is 1.96 bits per heavy atom. The lowest BCUT2D eigenvalue weighted by Gasteiger charge is -2.08. The minimum Gasteiger partial charge on any atom is -0.480 e. The Bertz CT molecular complexity index is 1160. The van der Waals surface area contributed by atoms with Crippen molar-refractivity contribution in [3.8, 4) is 23.2 Å². The van der Waals surface area contributed by atoms with E-state index in [0.29, 0.717) is 17.1 Å². The summed E-state index contributed by atoms with van der Waals surface area (Å²) in [5, 5.41) is 17.1. The molecule has 1 aliphatic carbocycles. The molecule has 0 bridgehead atoms. The predicted octanol–water partition coefficient (Wildman–Crippen LogP) is 1.67. The fourth-order valence-electron chi connectivity index (χ4n) is 3.26. The van der Waals surface area contributed by atoms with Crippen molar-refractivity contribution in [3.05, 3.63) is 74.1 Å². The minimum absolute atomic E-state index is 0.184. The molecule has 0 amide bonds. The molecule has 27 heavy (non-hydrogen) atoms. The van der Waals surface area contributed by atoms with Gasteiger partial charge in [-0.15, -0.1) is 10.2 Å². The highest BCUT2D eigenvalue weighted by molar-refractivity contribution is 5.59. The van der Waals surface area contributed by atoms with Gasteiger partial charge in [-0.25, -0.2) is 4.79 Å². The molecule has 2 heterocycles. The van der Waals surface area contributed by atoms with Gasteiger partial charge >= 0.3 is 5.69 Å². The van der Waals surface area contributed by atoms with E-state index in [1.807, 2.05) is 12.1 Å². The van der Waals surface area contributed by atoms with E-state index in [-0.39, 0.29) is 17.4 Å². The van der Waals surface area contributed by atoms with E-state index in [1.165, 1.54) is 13.3 Å². The lowest BCUT2D eigenvalue weighted by atomic mass is 10.0. The van der Waals surface area contributed by atoms with Crippen LogP contribution in [-0.2, 0) is 0 Å². The van der Waals surface area contributed by atoms with E-state index in [4.69, 9.17) is 10.00 Å². The first-order valence-corrected chi connectivity index (χ1v) is 8.34. The van der Waals surface area contributed by atoms with Gasteiger partial charge in [0.15, 0.2) is 0 Å². The summed E-state index contributed by atoms with van der Waals surface area (Å²) >= 11 is 0. The third-order valence-electron chi connectivity index (χ3n) is 4.73. The maximum absolute atomic E-state index is 12.0. The number of hydrogen-bond donors (Lipinski definition) is 2. The largest absolute Gasteiger partial charge is 0.480 e. The lowest BCUT2D eigenvalue weighted by molar-refractivity contribution is 0.386. The zero-order valence-corrected chi connectivity index (χ0v) is 14.4. The van der Waals surface area contributed by atoms with Gasteiger partial charge in [-0.2, -0.15) is 5.26 Å². The van der Waals surface area contributed by atoms with Gasteiger partial charge in [0.25, 0.3) is 5.56 Å². The molecule has 0 saturated heterocycles. The van der Waals surface area contributed by atoms with Crippen molar-refractivity contribution in [3.63, 3.8) is 0 Å². The molecule has 2 N–H and O–H groups in total. The molecule has 2 unspecified atom stereocenters. The molecular weight excluding hydrogens is 346 g/mol. The SMILES string of the molecule is COc1nnc(-c2c[nH]c(=O)[nH]c2=O)cc1C1CC1c1ccc(C#N)cc1. The van der Waals surface area contributed by atoms with Crippen molar-refractivity contribution in [1.29, 1.82) is 5.26 Å². The van der Waals surface area contributed by atoms with Gasteiger partial charge in [0.2, 0.25) is 5.88 Å². The summed E-state index contributed by atoms with van der Waals surface area (Å²) < 4.78 is 5.35. The van der Waals surface area contributed by atoms with Crippen molar-refractivity contribution in [2.24, 2.45) is 0 Å². The zero-order valence-electron chi connectivity index (χ0n) is 14.4. The topological polar surface area (TPSA) is 125 Å². The van der Waals surface area contributed by atoms with Crippen LogP contribution >= 0.6 is 0 Å². The average molecular weight is 361 g/mol. The Hall–Kier alpha value is -3.73. The van der Waals surface area contributed by atoms with Crippen molar-refractivity contribution in [1.82, 2.24) is 20.2 Å². The number of aromatic amines is 2. The summed E-state index contributed by atoms with van der Waals surface area (Å²) in [6.07, 6.45) is 2.24. The summed E-state index contributed by atoms with van der Waals surface area (Å²) in [7, 11) is 1.53. The third-order valence-corrected chi connectivity index (χ3v) is 4.73. The van der Waals surface area contributed by atoms with E-state index >= 15 is 0 Å². The van der Waals surface area contributed by atoms with Crippen molar-refractivity contribution in [2.75, 3.05) is 7.11 Å². The molecule has 134 valence electrons. The molecule has 2 atom stereocenters. The summed E-state index contributed by atoms with van der Waals surface area (Å²) in [4.78, 5) is 27.9. The maximum Gasteiger partial charge on any atom is 0.325 e. The molecule has 0 aliphatic heterocycles. The molecule has 8 nitrogen and oxygen atoms in total.